The summed E-state index contributed by atoms with van der Waals surface area (Å²) < 4.78 is 41.9. The van der Waals surface area contributed by atoms with E-state index in [1.807, 2.05) is 0 Å². The van der Waals surface area contributed by atoms with Crippen LogP contribution in [0.1, 0.15) is 0 Å². The lowest BCUT2D eigenvalue weighted by Gasteiger charge is -2.06. The third-order valence-electron chi connectivity index (χ3n) is 2.78. The van der Waals surface area contributed by atoms with Crippen molar-refractivity contribution in [3.63, 3.8) is 0 Å². The molecule has 3 aromatic heterocycles. The van der Waals surface area contributed by atoms with Crippen LogP contribution in [0.4, 0.5) is 10.2 Å². The molecule has 3 aromatic rings. The molecule has 0 aliphatic carbocycles. The smallest absolute Gasteiger partial charge is 0.263 e. The molecule has 0 atom stereocenters. The largest absolute Gasteiger partial charge is 0.266 e. The van der Waals surface area contributed by atoms with Crippen molar-refractivity contribution in [2.24, 2.45) is 0 Å². The molecule has 1 N–H and O–H groups in total. The van der Waals surface area contributed by atoms with Crippen LogP contribution in [0.5, 0.6) is 0 Å². The lowest BCUT2D eigenvalue weighted by atomic mass is 10.4. The van der Waals surface area contributed by atoms with E-state index < -0.39 is 15.8 Å². The van der Waals surface area contributed by atoms with Crippen LogP contribution < -0.4 is 4.72 Å². The maximum atomic E-state index is 13.4. The summed E-state index contributed by atoms with van der Waals surface area (Å²) in [5.74, 6) is -0.756. The van der Waals surface area contributed by atoms with Crippen molar-refractivity contribution in [3.05, 3.63) is 52.1 Å². The zero-order valence-electron chi connectivity index (χ0n) is 10.7. The summed E-state index contributed by atoms with van der Waals surface area (Å²) in [5, 5.41) is 4.35. The van der Waals surface area contributed by atoms with Gasteiger partial charge in [0.05, 0.1) is 21.2 Å². The molecule has 22 heavy (non-hydrogen) atoms. The van der Waals surface area contributed by atoms with Gasteiger partial charge in [-0.1, -0.05) is 11.6 Å². The zero-order valence-corrected chi connectivity index (χ0v) is 13.8. The van der Waals surface area contributed by atoms with Crippen LogP contribution in [0.2, 0.25) is 5.02 Å². The van der Waals surface area contributed by atoms with E-state index in [9.17, 15) is 12.8 Å². The van der Waals surface area contributed by atoms with Gasteiger partial charge in [-0.3, -0.25) is 4.72 Å². The van der Waals surface area contributed by atoms with Crippen molar-refractivity contribution in [1.29, 1.82) is 0 Å². The highest BCUT2D eigenvalue weighted by molar-refractivity contribution is 9.10. The fraction of sp³-hybridized carbons (Fsp3) is 0. The van der Waals surface area contributed by atoms with E-state index in [0.29, 0.717) is 10.5 Å². The van der Waals surface area contributed by atoms with Gasteiger partial charge in [0.2, 0.25) is 0 Å². The van der Waals surface area contributed by atoms with Crippen LogP contribution in [0, 0.1) is 5.82 Å². The molecule has 3 heterocycles. The van der Waals surface area contributed by atoms with Crippen LogP contribution in [0.15, 0.2) is 46.2 Å². The van der Waals surface area contributed by atoms with Crippen LogP contribution in [0.25, 0.3) is 5.52 Å². The van der Waals surface area contributed by atoms with Crippen LogP contribution in [-0.2, 0) is 10.0 Å². The molecule has 10 heteroatoms. The lowest BCUT2D eigenvalue weighted by molar-refractivity contribution is 0.601. The molecular formula is C12H7BrClFN4O2S. The fourth-order valence-corrected chi connectivity index (χ4v) is 3.30. The normalized spacial score (nSPS) is 11.8. The first-order valence-electron chi connectivity index (χ1n) is 5.83. The predicted octanol–water partition coefficient (Wildman–Crippen LogP) is 3.09. The van der Waals surface area contributed by atoms with Gasteiger partial charge in [0, 0.05) is 18.5 Å². The van der Waals surface area contributed by atoms with Gasteiger partial charge in [-0.15, -0.1) is 0 Å². The highest BCUT2D eigenvalue weighted by Gasteiger charge is 2.21. The minimum atomic E-state index is -3.96. The second-order valence-electron chi connectivity index (χ2n) is 4.28. The average Bonchev–Trinajstić information content (AvgIpc) is 2.86. The van der Waals surface area contributed by atoms with E-state index in [1.165, 1.54) is 29.2 Å². The maximum Gasteiger partial charge on any atom is 0.266 e. The summed E-state index contributed by atoms with van der Waals surface area (Å²) in [7, 11) is -3.96. The van der Waals surface area contributed by atoms with Gasteiger partial charge >= 0.3 is 0 Å². The number of sulfonamides is 1. The zero-order chi connectivity index (χ0) is 15.9. The number of aromatic nitrogens is 3. The number of pyridine rings is 2. The molecule has 0 bridgehead atoms. The SMILES string of the molecule is O=S(=O)(Nc1cc(F)c(Br)cn1)c1cnn2cc(Cl)ccc12. The molecule has 3 rings (SSSR count). The molecular weight excluding hydrogens is 399 g/mol. The Labute approximate surface area is 138 Å². The van der Waals surface area contributed by atoms with Gasteiger partial charge < -0.3 is 0 Å². The first kappa shape index (κ1) is 15.2. The second kappa shape index (κ2) is 5.49. The Morgan fingerprint density at radius 3 is 2.82 bits per heavy atom. The molecule has 0 spiro atoms. The Bertz CT molecular complexity index is 976. The standard InChI is InChI=1S/C12H7BrClFN4O2S/c13-8-4-16-12(3-9(8)15)18-22(20,21)11-5-17-19-6-7(14)1-2-10(11)19/h1-6H,(H,16,18). The number of hydrogen-bond acceptors (Lipinski definition) is 4. The van der Waals surface area contributed by atoms with Gasteiger partial charge in [-0.2, -0.15) is 5.10 Å². The minimum Gasteiger partial charge on any atom is -0.263 e. The monoisotopic (exact) mass is 404 g/mol. The quantitative estimate of drug-likeness (QED) is 0.726. The molecule has 0 fully saturated rings. The van der Waals surface area contributed by atoms with Crippen LogP contribution in [0.3, 0.4) is 0 Å². The van der Waals surface area contributed by atoms with Crippen molar-refractivity contribution in [2.45, 2.75) is 4.90 Å². The van der Waals surface area contributed by atoms with E-state index in [2.05, 4.69) is 30.7 Å². The molecule has 114 valence electrons. The first-order chi connectivity index (χ1) is 10.4. The molecule has 6 nitrogen and oxygen atoms in total. The number of nitrogens with zero attached hydrogens (tertiary/aromatic N) is 3. The molecule has 0 aliphatic heterocycles. The number of nitrogens with one attached hydrogen (secondary N) is 1. The Morgan fingerprint density at radius 1 is 1.32 bits per heavy atom. The Hall–Kier alpha value is -1.71. The molecule has 0 saturated carbocycles. The van der Waals surface area contributed by atoms with Gasteiger partial charge in [-0.25, -0.2) is 22.3 Å². The van der Waals surface area contributed by atoms with Gasteiger partial charge in [0.1, 0.15) is 16.5 Å². The Balaban J connectivity index is 2.02. The molecule has 0 aromatic carbocycles. The third-order valence-corrected chi connectivity index (χ3v) is 4.96. The van der Waals surface area contributed by atoms with E-state index in [-0.39, 0.29) is 15.2 Å². The summed E-state index contributed by atoms with van der Waals surface area (Å²) in [4.78, 5) is 3.74. The number of fused-ring (bicyclic) bond motifs is 1. The highest BCUT2D eigenvalue weighted by atomic mass is 79.9. The summed E-state index contributed by atoms with van der Waals surface area (Å²) in [6, 6.07) is 4.05. The van der Waals surface area contributed by atoms with Crippen molar-refractivity contribution >= 4 is 48.9 Å². The predicted molar refractivity (Wildman–Crippen MR) is 82.9 cm³/mol. The number of anilines is 1. The number of halogens is 3. The molecule has 0 radical (unpaired) electrons. The summed E-state index contributed by atoms with van der Waals surface area (Å²) in [6.07, 6.45) is 3.83. The first-order valence-corrected chi connectivity index (χ1v) is 8.49. The summed E-state index contributed by atoms with van der Waals surface area (Å²) >= 11 is 8.77. The molecule has 0 amide bonds. The lowest BCUT2D eigenvalue weighted by Crippen LogP contribution is -2.14. The van der Waals surface area contributed by atoms with Crippen LogP contribution >= 0.6 is 27.5 Å². The van der Waals surface area contributed by atoms with Crippen molar-refractivity contribution in [1.82, 2.24) is 14.6 Å². The fourth-order valence-electron chi connectivity index (χ4n) is 1.81. The molecule has 0 saturated heterocycles. The van der Waals surface area contributed by atoms with E-state index in [4.69, 9.17) is 11.6 Å². The Morgan fingerprint density at radius 2 is 2.09 bits per heavy atom. The third kappa shape index (κ3) is 2.79. The summed E-state index contributed by atoms with van der Waals surface area (Å²) in [6.45, 7) is 0. The van der Waals surface area contributed by atoms with Crippen LogP contribution in [-0.4, -0.2) is 23.0 Å². The molecule has 0 aliphatic rings. The van der Waals surface area contributed by atoms with Crippen molar-refractivity contribution < 1.29 is 12.8 Å². The van der Waals surface area contributed by atoms with Gasteiger partial charge in [0.15, 0.2) is 0 Å². The van der Waals surface area contributed by atoms with E-state index in [1.54, 1.807) is 6.07 Å². The van der Waals surface area contributed by atoms with Crippen molar-refractivity contribution in [2.75, 3.05) is 4.72 Å². The van der Waals surface area contributed by atoms with Gasteiger partial charge in [0.25, 0.3) is 10.0 Å². The van der Waals surface area contributed by atoms with E-state index >= 15 is 0 Å². The van der Waals surface area contributed by atoms with Crippen molar-refractivity contribution in [3.8, 4) is 0 Å². The second-order valence-corrected chi connectivity index (χ2v) is 7.22. The maximum absolute atomic E-state index is 13.4. The number of hydrogen-bond donors (Lipinski definition) is 1. The average molecular weight is 406 g/mol. The topological polar surface area (TPSA) is 76.4 Å². The molecule has 0 unspecified atom stereocenters. The number of rotatable bonds is 3. The minimum absolute atomic E-state index is 0.0608. The summed E-state index contributed by atoms with van der Waals surface area (Å²) in [5.41, 5.74) is 0.342. The van der Waals surface area contributed by atoms with Gasteiger partial charge in [-0.05, 0) is 28.1 Å². The Kier molecular flexibility index (Phi) is 3.79. The van der Waals surface area contributed by atoms with E-state index in [0.717, 1.165) is 6.07 Å². The highest BCUT2D eigenvalue weighted by Crippen LogP contribution is 2.23.